The Kier molecular flexibility index (Phi) is 4.39. The number of hydrogen-bond donors (Lipinski definition) is 2. The number of hydrogen-bond acceptors (Lipinski definition) is 4. The van der Waals surface area contributed by atoms with Crippen LogP contribution >= 0.6 is 0 Å². The van der Waals surface area contributed by atoms with Gasteiger partial charge in [0.25, 0.3) is 10.0 Å². The van der Waals surface area contributed by atoms with E-state index in [1.54, 1.807) is 24.3 Å². The fourth-order valence-corrected chi connectivity index (χ4v) is 3.80. The number of nitrogens with zero attached hydrogens (tertiary/aromatic N) is 1. The second-order valence-electron chi connectivity index (χ2n) is 6.02. The fraction of sp³-hybridized carbons (Fsp3) is 0.500. The lowest BCUT2D eigenvalue weighted by Gasteiger charge is -2.13. The minimum absolute atomic E-state index is 0.114. The van der Waals surface area contributed by atoms with E-state index in [0.29, 0.717) is 12.0 Å². The first-order valence-electron chi connectivity index (χ1n) is 8.01. The van der Waals surface area contributed by atoms with Crippen LogP contribution in [0.1, 0.15) is 44.6 Å². The highest BCUT2D eigenvalue weighted by molar-refractivity contribution is 7.90. The smallest absolute Gasteiger partial charge is 0.263 e. The molecule has 3 rings (SSSR count). The summed E-state index contributed by atoms with van der Waals surface area (Å²) in [5.74, 6) is 0.157. The van der Waals surface area contributed by atoms with Gasteiger partial charge in [0, 0.05) is 11.6 Å². The molecule has 0 spiro atoms. The first-order valence-corrected chi connectivity index (χ1v) is 9.50. The summed E-state index contributed by atoms with van der Waals surface area (Å²) in [6.45, 7) is 2.05. The Hall–Kier alpha value is -1.89. The summed E-state index contributed by atoms with van der Waals surface area (Å²) in [7, 11) is -3.57. The second-order valence-corrected chi connectivity index (χ2v) is 7.67. The standard InChI is InChI=1S/C16H21N3O3S/c1-2-3-7-13(16(20)17-11-9-10-11)18-15-12-6-4-5-8-14(12)23(21,22)19-15/h4-6,8,11,13H,2-3,7,9-10H2,1H3,(H,17,20)(H,18,19)/t13-/m0/s1. The summed E-state index contributed by atoms with van der Waals surface area (Å²) >= 11 is 0. The molecule has 1 amide bonds. The van der Waals surface area contributed by atoms with Crippen molar-refractivity contribution in [2.45, 2.75) is 56.0 Å². The van der Waals surface area contributed by atoms with Gasteiger partial charge in [0.1, 0.15) is 11.9 Å². The van der Waals surface area contributed by atoms with Gasteiger partial charge in [-0.3, -0.25) is 14.5 Å². The molecular formula is C16H21N3O3S. The van der Waals surface area contributed by atoms with Crippen LogP contribution in [0, 0.1) is 0 Å². The van der Waals surface area contributed by atoms with Crippen LogP contribution in [0.4, 0.5) is 0 Å². The van der Waals surface area contributed by atoms with Gasteiger partial charge in [-0.05, 0) is 31.4 Å². The predicted octanol–water partition coefficient (Wildman–Crippen LogP) is 1.56. The van der Waals surface area contributed by atoms with Crippen molar-refractivity contribution in [2.24, 2.45) is 4.99 Å². The number of aliphatic imine (C=N–C) groups is 1. The Morgan fingerprint density at radius 2 is 2.13 bits per heavy atom. The molecule has 1 aromatic rings. The molecule has 0 unspecified atom stereocenters. The second kappa shape index (κ2) is 6.31. The lowest BCUT2D eigenvalue weighted by molar-refractivity contribution is -0.122. The molecule has 1 aliphatic heterocycles. The molecule has 1 fully saturated rings. The van der Waals surface area contributed by atoms with E-state index in [2.05, 4.69) is 22.0 Å². The van der Waals surface area contributed by atoms with Gasteiger partial charge in [0.05, 0.1) is 4.90 Å². The summed E-state index contributed by atoms with van der Waals surface area (Å²) in [4.78, 5) is 17.0. The average Bonchev–Trinajstić information content (AvgIpc) is 3.29. The zero-order chi connectivity index (χ0) is 16.4. The number of unbranched alkanes of at least 4 members (excludes halogenated alkanes) is 1. The molecule has 23 heavy (non-hydrogen) atoms. The average molecular weight is 335 g/mol. The van der Waals surface area contributed by atoms with Crippen LogP contribution in [0.15, 0.2) is 34.2 Å². The number of rotatable bonds is 6. The Balaban J connectivity index is 1.88. The lowest BCUT2D eigenvalue weighted by Crippen LogP contribution is -2.36. The third-order valence-corrected chi connectivity index (χ3v) is 5.40. The molecule has 0 aromatic heterocycles. The van der Waals surface area contributed by atoms with E-state index in [4.69, 9.17) is 0 Å². The monoisotopic (exact) mass is 335 g/mol. The van der Waals surface area contributed by atoms with Gasteiger partial charge < -0.3 is 5.32 Å². The van der Waals surface area contributed by atoms with Gasteiger partial charge in [-0.2, -0.15) is 0 Å². The van der Waals surface area contributed by atoms with E-state index in [1.807, 2.05) is 0 Å². The number of sulfonamides is 1. The highest BCUT2D eigenvalue weighted by Gasteiger charge is 2.32. The van der Waals surface area contributed by atoms with Gasteiger partial charge in [-0.1, -0.05) is 31.9 Å². The Bertz CT molecular complexity index is 739. The van der Waals surface area contributed by atoms with Crippen LogP contribution in [0.5, 0.6) is 0 Å². The van der Waals surface area contributed by atoms with Gasteiger partial charge in [-0.15, -0.1) is 0 Å². The number of nitrogens with one attached hydrogen (secondary N) is 2. The van der Waals surface area contributed by atoms with Crippen molar-refractivity contribution < 1.29 is 13.2 Å². The van der Waals surface area contributed by atoms with Crippen LogP contribution in [0.3, 0.4) is 0 Å². The molecule has 2 aliphatic rings. The normalized spacial score (nSPS) is 21.5. The first-order chi connectivity index (χ1) is 11.0. The van der Waals surface area contributed by atoms with Crippen LogP contribution in [0.25, 0.3) is 0 Å². The summed E-state index contributed by atoms with van der Waals surface area (Å²) in [5, 5.41) is 2.96. The lowest BCUT2D eigenvalue weighted by atomic mass is 10.1. The molecule has 1 saturated carbocycles. The number of amidine groups is 1. The topological polar surface area (TPSA) is 87.6 Å². The van der Waals surface area contributed by atoms with Crippen molar-refractivity contribution in [3.8, 4) is 0 Å². The van der Waals surface area contributed by atoms with Crippen molar-refractivity contribution in [2.75, 3.05) is 0 Å². The SMILES string of the molecule is CCCC[C@H](N=C1NS(=O)(=O)c2ccccc21)C(=O)NC1CC1. The van der Waals surface area contributed by atoms with E-state index >= 15 is 0 Å². The predicted molar refractivity (Wildman–Crippen MR) is 87.8 cm³/mol. The molecule has 1 atom stereocenters. The first kappa shape index (κ1) is 16.0. The van der Waals surface area contributed by atoms with E-state index in [9.17, 15) is 13.2 Å². The van der Waals surface area contributed by atoms with Crippen molar-refractivity contribution in [3.05, 3.63) is 29.8 Å². The summed E-state index contributed by atoms with van der Waals surface area (Å²) in [6, 6.07) is 6.41. The molecule has 2 N–H and O–H groups in total. The largest absolute Gasteiger partial charge is 0.352 e. The van der Waals surface area contributed by atoms with Crippen LogP contribution in [-0.4, -0.2) is 32.2 Å². The maximum Gasteiger partial charge on any atom is 0.263 e. The summed E-state index contributed by atoms with van der Waals surface area (Å²) in [5.41, 5.74) is 0.535. The quantitative estimate of drug-likeness (QED) is 0.827. The maximum absolute atomic E-state index is 12.4. The molecule has 1 heterocycles. The molecular weight excluding hydrogens is 314 g/mol. The highest BCUT2D eigenvalue weighted by atomic mass is 32.2. The van der Waals surface area contributed by atoms with E-state index in [-0.39, 0.29) is 22.7 Å². The minimum atomic E-state index is -3.57. The maximum atomic E-state index is 12.4. The highest BCUT2D eigenvalue weighted by Crippen LogP contribution is 2.24. The molecule has 0 saturated heterocycles. The molecule has 124 valence electrons. The molecule has 1 aromatic carbocycles. The van der Waals surface area contributed by atoms with Crippen LogP contribution < -0.4 is 10.0 Å². The van der Waals surface area contributed by atoms with E-state index in [0.717, 1.165) is 25.7 Å². The molecule has 1 aliphatic carbocycles. The third kappa shape index (κ3) is 3.55. The Morgan fingerprint density at radius 3 is 2.83 bits per heavy atom. The zero-order valence-electron chi connectivity index (χ0n) is 13.1. The molecule has 0 bridgehead atoms. The number of fused-ring (bicyclic) bond motifs is 1. The van der Waals surface area contributed by atoms with Gasteiger partial charge in [-0.25, -0.2) is 8.42 Å². The number of amides is 1. The minimum Gasteiger partial charge on any atom is -0.352 e. The fourth-order valence-electron chi connectivity index (χ4n) is 2.56. The van der Waals surface area contributed by atoms with Gasteiger partial charge in [0.2, 0.25) is 5.91 Å². The number of benzene rings is 1. The third-order valence-electron chi connectivity index (χ3n) is 4.01. The van der Waals surface area contributed by atoms with E-state index in [1.165, 1.54) is 0 Å². The summed E-state index contributed by atoms with van der Waals surface area (Å²) in [6.07, 6.45) is 4.47. The van der Waals surface area contributed by atoms with Crippen molar-refractivity contribution in [3.63, 3.8) is 0 Å². The number of carbonyl (C=O) groups is 1. The molecule has 6 nitrogen and oxygen atoms in total. The zero-order valence-corrected chi connectivity index (χ0v) is 13.9. The van der Waals surface area contributed by atoms with Gasteiger partial charge in [0.15, 0.2) is 0 Å². The number of carbonyl (C=O) groups excluding carboxylic acids is 1. The Morgan fingerprint density at radius 1 is 1.39 bits per heavy atom. The van der Waals surface area contributed by atoms with Crippen molar-refractivity contribution in [1.29, 1.82) is 0 Å². The van der Waals surface area contributed by atoms with Gasteiger partial charge >= 0.3 is 0 Å². The van der Waals surface area contributed by atoms with E-state index < -0.39 is 16.1 Å². The molecule has 0 radical (unpaired) electrons. The summed E-state index contributed by atoms with van der Waals surface area (Å²) < 4.78 is 26.7. The van der Waals surface area contributed by atoms with Crippen molar-refractivity contribution in [1.82, 2.24) is 10.0 Å². The van der Waals surface area contributed by atoms with Crippen molar-refractivity contribution >= 4 is 21.8 Å². The Labute approximate surface area is 136 Å². The van der Waals surface area contributed by atoms with Crippen LogP contribution in [-0.2, 0) is 14.8 Å². The van der Waals surface area contributed by atoms with Crippen LogP contribution in [0.2, 0.25) is 0 Å². The molecule has 7 heteroatoms.